The van der Waals surface area contributed by atoms with Gasteiger partial charge in [0, 0.05) is 5.56 Å². The third-order valence-electron chi connectivity index (χ3n) is 3.31. The highest BCUT2D eigenvalue weighted by Gasteiger charge is 2.19. The summed E-state index contributed by atoms with van der Waals surface area (Å²) in [6.07, 6.45) is 2.07. The molecular weight excluding hydrogens is 256 g/mol. The highest BCUT2D eigenvalue weighted by molar-refractivity contribution is 7.22. The second kappa shape index (κ2) is 4.44. The largest absolute Gasteiger partial charge is 0.321 e. The predicted molar refractivity (Wildman–Crippen MR) is 72.3 cm³/mol. The minimum Gasteiger partial charge on any atom is -0.321 e. The first-order valence-electron chi connectivity index (χ1n) is 5.77. The predicted octanol–water partition coefficient (Wildman–Crippen LogP) is 2.71. The SMILES string of the molecule is O=c1[nH]c2cc(Cl)sc2cc1C1CCNCC1. The number of thiophene rings is 1. The minimum atomic E-state index is 0.0406. The van der Waals surface area contributed by atoms with Crippen molar-refractivity contribution in [3.63, 3.8) is 0 Å². The maximum Gasteiger partial charge on any atom is 0.251 e. The molecule has 2 N–H and O–H groups in total. The average Bonchev–Trinajstić information content (AvgIpc) is 2.68. The number of aromatic nitrogens is 1. The smallest absolute Gasteiger partial charge is 0.251 e. The van der Waals surface area contributed by atoms with Crippen LogP contribution in [-0.4, -0.2) is 18.1 Å². The number of fused-ring (bicyclic) bond motifs is 1. The van der Waals surface area contributed by atoms with Gasteiger partial charge in [-0.1, -0.05) is 11.6 Å². The second-order valence-corrected chi connectivity index (χ2v) is 6.12. The molecule has 0 aliphatic carbocycles. The quantitative estimate of drug-likeness (QED) is 0.835. The van der Waals surface area contributed by atoms with Crippen LogP contribution in [0.25, 0.3) is 10.2 Å². The van der Waals surface area contributed by atoms with Gasteiger partial charge >= 0.3 is 0 Å². The van der Waals surface area contributed by atoms with Crippen LogP contribution in [0.5, 0.6) is 0 Å². The standard InChI is InChI=1S/C12H13ClN2OS/c13-11-6-9-10(17-11)5-8(12(16)15-9)7-1-3-14-4-2-7/h5-7,14H,1-4H2,(H,15,16). The number of rotatable bonds is 1. The van der Waals surface area contributed by atoms with Crippen molar-refractivity contribution in [1.82, 2.24) is 10.3 Å². The van der Waals surface area contributed by atoms with Gasteiger partial charge in [-0.3, -0.25) is 4.79 Å². The molecule has 0 aromatic carbocycles. The third kappa shape index (κ3) is 2.12. The van der Waals surface area contributed by atoms with Gasteiger partial charge in [-0.2, -0.15) is 0 Å². The Hall–Kier alpha value is -0.840. The molecule has 2 aromatic heterocycles. The first-order chi connectivity index (χ1) is 8.24. The summed E-state index contributed by atoms with van der Waals surface area (Å²) in [6, 6.07) is 3.83. The molecule has 3 heterocycles. The Kier molecular flexibility index (Phi) is 2.94. The van der Waals surface area contributed by atoms with Crippen molar-refractivity contribution in [2.45, 2.75) is 18.8 Å². The number of nitrogens with one attached hydrogen (secondary N) is 2. The van der Waals surface area contributed by atoms with Crippen molar-refractivity contribution >= 4 is 33.2 Å². The van der Waals surface area contributed by atoms with Crippen LogP contribution in [0, 0.1) is 0 Å². The van der Waals surface area contributed by atoms with Gasteiger partial charge < -0.3 is 10.3 Å². The number of hydrogen-bond acceptors (Lipinski definition) is 3. The average molecular weight is 269 g/mol. The lowest BCUT2D eigenvalue weighted by molar-refractivity contribution is 0.458. The number of aromatic amines is 1. The number of pyridine rings is 1. The molecule has 3 nitrogen and oxygen atoms in total. The Labute approximate surface area is 108 Å². The van der Waals surface area contributed by atoms with E-state index < -0.39 is 0 Å². The number of H-pyrrole nitrogens is 1. The van der Waals surface area contributed by atoms with Crippen LogP contribution in [0.4, 0.5) is 0 Å². The molecule has 1 saturated heterocycles. The molecule has 0 amide bonds. The molecule has 3 rings (SSSR count). The zero-order valence-corrected chi connectivity index (χ0v) is 10.8. The first kappa shape index (κ1) is 11.3. The maximum absolute atomic E-state index is 12.0. The summed E-state index contributed by atoms with van der Waals surface area (Å²) >= 11 is 7.48. The zero-order valence-electron chi connectivity index (χ0n) is 9.25. The molecule has 0 atom stereocenters. The second-order valence-electron chi connectivity index (χ2n) is 4.41. The Bertz CT molecular complexity index is 598. The molecule has 0 spiro atoms. The molecular formula is C12H13ClN2OS. The fraction of sp³-hybridized carbons (Fsp3) is 0.417. The lowest BCUT2D eigenvalue weighted by Gasteiger charge is -2.22. The number of piperidine rings is 1. The van der Waals surface area contributed by atoms with Gasteiger partial charge in [-0.05, 0) is 44.0 Å². The van der Waals surface area contributed by atoms with Gasteiger partial charge in [0.2, 0.25) is 0 Å². The summed E-state index contributed by atoms with van der Waals surface area (Å²) in [6.45, 7) is 1.99. The van der Waals surface area contributed by atoms with E-state index in [0.717, 1.165) is 46.0 Å². The summed E-state index contributed by atoms with van der Waals surface area (Å²) in [5.41, 5.74) is 1.80. The van der Waals surface area contributed by atoms with Crippen molar-refractivity contribution in [1.29, 1.82) is 0 Å². The monoisotopic (exact) mass is 268 g/mol. The van der Waals surface area contributed by atoms with Gasteiger partial charge in [0.1, 0.15) is 0 Å². The Morgan fingerprint density at radius 1 is 1.29 bits per heavy atom. The van der Waals surface area contributed by atoms with Gasteiger partial charge in [0.05, 0.1) is 14.6 Å². The highest BCUT2D eigenvalue weighted by Crippen LogP contribution is 2.30. The van der Waals surface area contributed by atoms with E-state index in [0.29, 0.717) is 5.92 Å². The van der Waals surface area contributed by atoms with Crippen molar-refractivity contribution in [3.05, 3.63) is 32.4 Å². The van der Waals surface area contributed by atoms with Crippen molar-refractivity contribution in [2.75, 3.05) is 13.1 Å². The summed E-state index contributed by atoms with van der Waals surface area (Å²) in [5.74, 6) is 0.380. The summed E-state index contributed by atoms with van der Waals surface area (Å²) in [4.78, 5) is 15.0. The van der Waals surface area contributed by atoms with Gasteiger partial charge in [-0.25, -0.2) is 0 Å². The van der Waals surface area contributed by atoms with E-state index in [4.69, 9.17) is 11.6 Å². The highest BCUT2D eigenvalue weighted by atomic mass is 35.5. The van der Waals surface area contributed by atoms with E-state index in [9.17, 15) is 4.79 Å². The Morgan fingerprint density at radius 3 is 2.82 bits per heavy atom. The number of halogens is 1. The minimum absolute atomic E-state index is 0.0406. The zero-order chi connectivity index (χ0) is 11.8. The van der Waals surface area contributed by atoms with Crippen molar-refractivity contribution < 1.29 is 0 Å². The van der Waals surface area contributed by atoms with E-state index in [-0.39, 0.29) is 5.56 Å². The van der Waals surface area contributed by atoms with Gasteiger partial charge in [0.25, 0.3) is 5.56 Å². The molecule has 17 heavy (non-hydrogen) atoms. The fourth-order valence-electron chi connectivity index (χ4n) is 2.42. The van der Waals surface area contributed by atoms with Crippen LogP contribution in [0.2, 0.25) is 4.34 Å². The van der Waals surface area contributed by atoms with E-state index >= 15 is 0 Å². The molecule has 0 saturated carbocycles. The normalized spacial score (nSPS) is 17.7. The van der Waals surface area contributed by atoms with Crippen LogP contribution in [-0.2, 0) is 0 Å². The van der Waals surface area contributed by atoms with Crippen LogP contribution in [0.15, 0.2) is 16.9 Å². The molecule has 1 aliphatic heterocycles. The van der Waals surface area contributed by atoms with E-state index in [1.807, 2.05) is 12.1 Å². The Morgan fingerprint density at radius 2 is 2.06 bits per heavy atom. The fourth-order valence-corrected chi connectivity index (χ4v) is 3.57. The summed E-state index contributed by atoms with van der Waals surface area (Å²) in [7, 11) is 0. The molecule has 2 aromatic rings. The van der Waals surface area contributed by atoms with E-state index in [1.165, 1.54) is 11.3 Å². The van der Waals surface area contributed by atoms with Crippen LogP contribution in [0.1, 0.15) is 24.3 Å². The van der Waals surface area contributed by atoms with Gasteiger partial charge in [-0.15, -0.1) is 11.3 Å². The molecule has 1 fully saturated rings. The lowest BCUT2D eigenvalue weighted by Crippen LogP contribution is -2.29. The summed E-state index contributed by atoms with van der Waals surface area (Å²) in [5, 5.41) is 3.31. The van der Waals surface area contributed by atoms with Crippen molar-refractivity contribution in [3.8, 4) is 0 Å². The van der Waals surface area contributed by atoms with Crippen LogP contribution < -0.4 is 10.9 Å². The summed E-state index contributed by atoms with van der Waals surface area (Å²) < 4.78 is 1.79. The molecule has 1 aliphatic rings. The lowest BCUT2D eigenvalue weighted by atomic mass is 9.91. The van der Waals surface area contributed by atoms with Gasteiger partial charge in [0.15, 0.2) is 0 Å². The molecule has 0 bridgehead atoms. The first-order valence-corrected chi connectivity index (χ1v) is 6.96. The molecule has 90 valence electrons. The topological polar surface area (TPSA) is 44.9 Å². The maximum atomic E-state index is 12.0. The third-order valence-corrected chi connectivity index (χ3v) is 4.52. The molecule has 5 heteroatoms. The molecule has 0 radical (unpaired) electrons. The van der Waals surface area contributed by atoms with Crippen molar-refractivity contribution in [2.24, 2.45) is 0 Å². The van der Waals surface area contributed by atoms with E-state index in [1.54, 1.807) is 0 Å². The number of hydrogen-bond donors (Lipinski definition) is 2. The molecule has 0 unspecified atom stereocenters. The Balaban J connectivity index is 2.08. The van der Waals surface area contributed by atoms with Crippen LogP contribution in [0.3, 0.4) is 0 Å². The van der Waals surface area contributed by atoms with Crippen LogP contribution >= 0.6 is 22.9 Å². The van der Waals surface area contributed by atoms with E-state index in [2.05, 4.69) is 10.3 Å².